The number of hydrogen-bond donors (Lipinski definition) is 1. The molecular formula is C13H18N2O2. The van der Waals surface area contributed by atoms with Crippen LogP contribution in [0.1, 0.15) is 24.2 Å². The summed E-state index contributed by atoms with van der Waals surface area (Å²) in [5, 5.41) is 2.66. The average molecular weight is 234 g/mol. The van der Waals surface area contributed by atoms with E-state index in [0.29, 0.717) is 11.3 Å². The molecule has 4 nitrogen and oxygen atoms in total. The number of ketones is 1. The molecule has 1 rings (SSSR count). The molecule has 0 bridgehead atoms. The van der Waals surface area contributed by atoms with Gasteiger partial charge >= 0.3 is 0 Å². The van der Waals surface area contributed by atoms with Crippen LogP contribution in [-0.4, -0.2) is 36.7 Å². The molecule has 1 aromatic carbocycles. The zero-order chi connectivity index (χ0) is 13.0. The molecule has 1 unspecified atom stereocenters. The number of nitrogens with one attached hydrogen (secondary N) is 1. The molecule has 0 saturated heterocycles. The van der Waals surface area contributed by atoms with Crippen molar-refractivity contribution in [1.82, 2.24) is 4.90 Å². The summed E-state index contributed by atoms with van der Waals surface area (Å²) in [6, 6.07) is 6.77. The summed E-state index contributed by atoms with van der Waals surface area (Å²) in [6.45, 7) is 3.32. The molecule has 1 aromatic rings. The van der Waals surface area contributed by atoms with Crippen molar-refractivity contribution in [2.24, 2.45) is 0 Å². The molecular weight excluding hydrogens is 216 g/mol. The van der Waals surface area contributed by atoms with Crippen molar-refractivity contribution in [1.29, 1.82) is 0 Å². The van der Waals surface area contributed by atoms with E-state index in [1.807, 2.05) is 25.9 Å². The number of anilines is 1. The molecule has 17 heavy (non-hydrogen) atoms. The lowest BCUT2D eigenvalue weighted by Crippen LogP contribution is -2.32. The van der Waals surface area contributed by atoms with E-state index in [1.165, 1.54) is 6.92 Å². The quantitative estimate of drug-likeness (QED) is 0.808. The zero-order valence-corrected chi connectivity index (χ0v) is 10.7. The van der Waals surface area contributed by atoms with E-state index in [0.717, 1.165) is 0 Å². The lowest BCUT2D eigenvalue weighted by Gasteiger charge is -2.18. The molecule has 92 valence electrons. The Balaban J connectivity index is 2.80. The first-order chi connectivity index (χ1) is 7.91. The standard InChI is InChI=1S/C13H18N2O2/c1-9(15(3)4)13(17)11-5-7-12(8-6-11)14-10(2)16/h5-9H,1-4H3,(H,14,16). The molecule has 0 heterocycles. The maximum Gasteiger partial charge on any atom is 0.221 e. The van der Waals surface area contributed by atoms with Crippen molar-refractivity contribution in [3.63, 3.8) is 0 Å². The first-order valence-corrected chi connectivity index (χ1v) is 5.50. The SMILES string of the molecule is CC(=O)Nc1ccc(C(=O)C(C)N(C)C)cc1. The second kappa shape index (κ2) is 5.59. The van der Waals surface area contributed by atoms with Gasteiger partial charge < -0.3 is 5.32 Å². The number of likely N-dealkylation sites (N-methyl/N-ethyl adjacent to an activating group) is 1. The Morgan fingerprint density at radius 3 is 2.12 bits per heavy atom. The maximum atomic E-state index is 12.0. The predicted molar refractivity (Wildman–Crippen MR) is 68.2 cm³/mol. The highest BCUT2D eigenvalue weighted by Crippen LogP contribution is 2.12. The minimum Gasteiger partial charge on any atom is -0.326 e. The molecule has 1 amide bonds. The van der Waals surface area contributed by atoms with Gasteiger partial charge in [-0.05, 0) is 45.3 Å². The molecule has 0 fully saturated rings. The number of hydrogen-bond acceptors (Lipinski definition) is 3. The van der Waals surface area contributed by atoms with Gasteiger partial charge in [-0.1, -0.05) is 0 Å². The zero-order valence-electron chi connectivity index (χ0n) is 10.7. The van der Waals surface area contributed by atoms with Crippen LogP contribution in [0.25, 0.3) is 0 Å². The molecule has 0 aliphatic rings. The Hall–Kier alpha value is -1.68. The fourth-order valence-corrected chi connectivity index (χ4v) is 1.40. The van der Waals surface area contributed by atoms with Crippen LogP contribution in [0.5, 0.6) is 0 Å². The molecule has 4 heteroatoms. The van der Waals surface area contributed by atoms with Crippen LogP contribution >= 0.6 is 0 Å². The Morgan fingerprint density at radius 1 is 1.18 bits per heavy atom. The van der Waals surface area contributed by atoms with Crippen molar-refractivity contribution < 1.29 is 9.59 Å². The highest BCUT2D eigenvalue weighted by molar-refractivity contribution is 6.00. The normalized spacial score (nSPS) is 12.3. The van der Waals surface area contributed by atoms with Gasteiger partial charge in [0.25, 0.3) is 0 Å². The van der Waals surface area contributed by atoms with Crippen molar-refractivity contribution in [2.75, 3.05) is 19.4 Å². The summed E-state index contributed by atoms with van der Waals surface area (Å²) in [5.74, 6) is -0.0462. The minimum atomic E-state index is -0.151. The van der Waals surface area contributed by atoms with Gasteiger partial charge in [0.1, 0.15) is 0 Å². The first-order valence-electron chi connectivity index (χ1n) is 5.50. The molecule has 0 spiro atoms. The second-order valence-corrected chi connectivity index (χ2v) is 4.26. The third-order valence-corrected chi connectivity index (χ3v) is 2.64. The van der Waals surface area contributed by atoms with Gasteiger partial charge in [0.05, 0.1) is 6.04 Å². The topological polar surface area (TPSA) is 49.4 Å². The number of Topliss-reactive ketones (excluding diaryl/α,β-unsaturated/α-hetero) is 1. The molecule has 1 N–H and O–H groups in total. The van der Waals surface area contributed by atoms with Crippen LogP contribution in [0.3, 0.4) is 0 Å². The van der Waals surface area contributed by atoms with E-state index in [1.54, 1.807) is 24.3 Å². The van der Waals surface area contributed by atoms with Crippen molar-refractivity contribution in [2.45, 2.75) is 19.9 Å². The molecule has 0 saturated carbocycles. The van der Waals surface area contributed by atoms with Gasteiger partial charge in [0, 0.05) is 18.2 Å². The minimum absolute atomic E-state index is 0.0735. The van der Waals surface area contributed by atoms with Crippen molar-refractivity contribution in [3.8, 4) is 0 Å². The highest BCUT2D eigenvalue weighted by atomic mass is 16.1. The van der Waals surface area contributed by atoms with Gasteiger partial charge in [-0.15, -0.1) is 0 Å². The van der Waals surface area contributed by atoms with Crippen LogP contribution in [0, 0.1) is 0 Å². The van der Waals surface area contributed by atoms with E-state index in [-0.39, 0.29) is 17.7 Å². The number of nitrogens with zero attached hydrogens (tertiary/aromatic N) is 1. The van der Waals surface area contributed by atoms with E-state index < -0.39 is 0 Å². The Morgan fingerprint density at radius 2 is 1.71 bits per heavy atom. The van der Waals surface area contributed by atoms with E-state index >= 15 is 0 Å². The van der Waals surface area contributed by atoms with E-state index in [4.69, 9.17) is 0 Å². The molecule has 0 aliphatic heterocycles. The fourth-order valence-electron chi connectivity index (χ4n) is 1.40. The molecule has 0 radical (unpaired) electrons. The van der Waals surface area contributed by atoms with E-state index in [2.05, 4.69) is 5.32 Å². The summed E-state index contributed by atoms with van der Waals surface area (Å²) in [4.78, 5) is 24.7. The maximum absolute atomic E-state index is 12.0. The van der Waals surface area contributed by atoms with Crippen molar-refractivity contribution in [3.05, 3.63) is 29.8 Å². The summed E-state index contributed by atoms with van der Waals surface area (Å²) in [5.41, 5.74) is 1.35. The number of amides is 1. The third kappa shape index (κ3) is 3.67. The van der Waals surface area contributed by atoms with Crippen LogP contribution < -0.4 is 5.32 Å². The van der Waals surface area contributed by atoms with Gasteiger partial charge in [-0.3, -0.25) is 14.5 Å². The molecule has 0 aromatic heterocycles. The van der Waals surface area contributed by atoms with Gasteiger partial charge in [0.2, 0.25) is 5.91 Å². The Bertz CT molecular complexity index is 410. The number of benzene rings is 1. The summed E-state index contributed by atoms with van der Waals surface area (Å²) < 4.78 is 0. The highest BCUT2D eigenvalue weighted by Gasteiger charge is 2.16. The summed E-state index contributed by atoms with van der Waals surface area (Å²) in [7, 11) is 3.74. The van der Waals surface area contributed by atoms with Gasteiger partial charge in [-0.25, -0.2) is 0 Å². The summed E-state index contributed by atoms with van der Waals surface area (Å²) >= 11 is 0. The number of carbonyl (C=O) groups is 2. The van der Waals surface area contributed by atoms with Crippen LogP contribution in [0.4, 0.5) is 5.69 Å². The average Bonchev–Trinajstić information content (AvgIpc) is 2.27. The lowest BCUT2D eigenvalue weighted by atomic mass is 10.0. The van der Waals surface area contributed by atoms with E-state index in [9.17, 15) is 9.59 Å². The van der Waals surface area contributed by atoms with Crippen LogP contribution in [0.2, 0.25) is 0 Å². The molecule has 0 aliphatic carbocycles. The van der Waals surface area contributed by atoms with Gasteiger partial charge in [0.15, 0.2) is 5.78 Å². The van der Waals surface area contributed by atoms with Gasteiger partial charge in [-0.2, -0.15) is 0 Å². The monoisotopic (exact) mass is 234 g/mol. The molecule has 1 atom stereocenters. The lowest BCUT2D eigenvalue weighted by molar-refractivity contribution is -0.114. The van der Waals surface area contributed by atoms with Crippen LogP contribution in [0.15, 0.2) is 24.3 Å². The first kappa shape index (κ1) is 13.4. The Labute approximate surface area is 102 Å². The largest absolute Gasteiger partial charge is 0.326 e. The van der Waals surface area contributed by atoms with Crippen LogP contribution in [-0.2, 0) is 4.79 Å². The summed E-state index contributed by atoms with van der Waals surface area (Å²) in [6.07, 6.45) is 0. The number of carbonyl (C=O) groups excluding carboxylic acids is 2. The number of rotatable bonds is 4. The third-order valence-electron chi connectivity index (χ3n) is 2.64. The Kier molecular flexibility index (Phi) is 4.40. The smallest absolute Gasteiger partial charge is 0.221 e. The van der Waals surface area contributed by atoms with Crippen molar-refractivity contribution >= 4 is 17.4 Å². The predicted octanol–water partition coefficient (Wildman–Crippen LogP) is 1.78. The fraction of sp³-hybridized carbons (Fsp3) is 0.385. The second-order valence-electron chi connectivity index (χ2n) is 4.26.